The second-order valence-corrected chi connectivity index (χ2v) is 13.6. The van der Waals surface area contributed by atoms with Gasteiger partial charge in [-0.2, -0.15) is 4.98 Å². The van der Waals surface area contributed by atoms with Crippen molar-refractivity contribution < 1.29 is 31.1 Å². The SMILES string of the molecule is C=CC(=O)Nc1cc(Nc2ncc(Cl)c(Nc3ccccc3S(=O)(=O)C(C)C)n2)c(OC(F)(F)F)cc1N1CCC(CC)CC1. The van der Waals surface area contributed by atoms with Gasteiger partial charge in [0.1, 0.15) is 5.02 Å². The van der Waals surface area contributed by atoms with E-state index in [1.54, 1.807) is 26.0 Å². The number of hydrogen-bond donors (Lipinski definition) is 3. The standard InChI is InChI=1S/C30H34ClF3N6O4S/c1-5-19-11-13-40(14-12-19)24-16-25(44-30(32,33)34)23(15-22(24)36-27(41)6-2)38-29-35-17-20(31)28(39-29)37-21-9-7-8-10-26(21)45(42,43)18(3)4/h6-10,15-19H,2,5,11-14H2,1,3-4H3,(H,36,41)(H2,35,37,38,39). The highest BCUT2D eigenvalue weighted by atomic mass is 35.5. The number of benzene rings is 2. The smallest absolute Gasteiger partial charge is 0.403 e. The molecule has 2 heterocycles. The third-order valence-electron chi connectivity index (χ3n) is 7.36. The number of halogens is 4. The highest BCUT2D eigenvalue weighted by Gasteiger charge is 2.34. The van der Waals surface area contributed by atoms with Gasteiger partial charge in [-0.1, -0.05) is 43.7 Å². The number of sulfone groups is 1. The molecule has 0 atom stereocenters. The maximum Gasteiger partial charge on any atom is 0.573 e. The average Bonchev–Trinajstić information content (AvgIpc) is 2.99. The number of amides is 1. The highest BCUT2D eigenvalue weighted by Crippen LogP contribution is 2.42. The van der Waals surface area contributed by atoms with E-state index in [9.17, 15) is 26.4 Å². The number of rotatable bonds is 11. The van der Waals surface area contributed by atoms with Crippen LogP contribution in [0.3, 0.4) is 0 Å². The molecule has 0 saturated carbocycles. The molecule has 0 aliphatic carbocycles. The molecule has 1 aliphatic heterocycles. The summed E-state index contributed by atoms with van der Waals surface area (Å²) in [5, 5.41) is 7.62. The molecule has 0 radical (unpaired) electrons. The maximum absolute atomic E-state index is 13.6. The van der Waals surface area contributed by atoms with Gasteiger partial charge in [-0.15, -0.1) is 13.2 Å². The van der Waals surface area contributed by atoms with Crippen molar-refractivity contribution in [1.29, 1.82) is 0 Å². The van der Waals surface area contributed by atoms with Crippen molar-refractivity contribution in [2.24, 2.45) is 5.92 Å². The number of anilines is 6. The molecule has 10 nitrogen and oxygen atoms in total. The molecule has 1 fully saturated rings. The van der Waals surface area contributed by atoms with E-state index in [0.29, 0.717) is 24.7 Å². The van der Waals surface area contributed by atoms with Crippen LogP contribution in [0.5, 0.6) is 5.75 Å². The number of aromatic nitrogens is 2. The summed E-state index contributed by atoms with van der Waals surface area (Å²) in [6.07, 6.45) is -0.0918. The van der Waals surface area contributed by atoms with Gasteiger partial charge in [0.05, 0.1) is 39.1 Å². The lowest BCUT2D eigenvalue weighted by Gasteiger charge is -2.35. The predicted octanol–water partition coefficient (Wildman–Crippen LogP) is 7.45. The van der Waals surface area contributed by atoms with Crippen molar-refractivity contribution in [1.82, 2.24) is 9.97 Å². The van der Waals surface area contributed by atoms with Gasteiger partial charge < -0.3 is 25.6 Å². The molecule has 3 N–H and O–H groups in total. The Kier molecular flexibility index (Phi) is 10.5. The molecule has 2 aromatic carbocycles. The summed E-state index contributed by atoms with van der Waals surface area (Å²) < 4.78 is 71.0. The number of carbonyl (C=O) groups is 1. The van der Waals surface area contributed by atoms with E-state index in [0.717, 1.165) is 25.3 Å². The third kappa shape index (κ3) is 8.37. The molecule has 0 unspecified atom stereocenters. The first kappa shape index (κ1) is 33.8. The molecule has 1 aliphatic rings. The topological polar surface area (TPSA) is 126 Å². The summed E-state index contributed by atoms with van der Waals surface area (Å²) in [5.74, 6) is -0.820. The first-order valence-electron chi connectivity index (χ1n) is 14.2. The van der Waals surface area contributed by atoms with E-state index in [1.807, 2.05) is 4.90 Å². The van der Waals surface area contributed by atoms with E-state index in [-0.39, 0.29) is 38.7 Å². The number of alkyl halides is 3. The van der Waals surface area contributed by atoms with Gasteiger partial charge in [-0.25, -0.2) is 13.4 Å². The fourth-order valence-corrected chi connectivity index (χ4v) is 6.18. The fourth-order valence-electron chi connectivity index (χ4n) is 4.84. The number of para-hydroxylation sites is 1. The minimum Gasteiger partial charge on any atom is -0.403 e. The molecule has 0 spiro atoms. The zero-order valence-corrected chi connectivity index (χ0v) is 26.5. The van der Waals surface area contributed by atoms with Crippen LogP contribution in [0.15, 0.2) is 60.1 Å². The van der Waals surface area contributed by atoms with Crippen molar-refractivity contribution in [2.75, 3.05) is 33.9 Å². The Hall–Kier alpha value is -4.04. The number of nitrogens with one attached hydrogen (secondary N) is 3. The monoisotopic (exact) mass is 666 g/mol. The molecule has 0 bridgehead atoms. The Labute approximate surface area is 265 Å². The van der Waals surface area contributed by atoms with Gasteiger partial charge >= 0.3 is 6.36 Å². The van der Waals surface area contributed by atoms with Crippen LogP contribution in [0.1, 0.15) is 40.0 Å². The Morgan fingerprint density at radius 2 is 1.84 bits per heavy atom. The Morgan fingerprint density at radius 1 is 1.16 bits per heavy atom. The molecule has 45 heavy (non-hydrogen) atoms. The fraction of sp³-hybridized carbons (Fsp3) is 0.367. The van der Waals surface area contributed by atoms with Crippen LogP contribution in [-0.4, -0.2) is 49.0 Å². The van der Waals surface area contributed by atoms with E-state index < -0.39 is 33.1 Å². The number of nitrogens with zero attached hydrogens (tertiary/aromatic N) is 3. The normalized spacial score (nSPS) is 14.3. The number of piperidine rings is 1. The van der Waals surface area contributed by atoms with Crippen LogP contribution in [0.25, 0.3) is 0 Å². The van der Waals surface area contributed by atoms with E-state index in [1.165, 1.54) is 30.5 Å². The number of carbonyl (C=O) groups excluding carboxylic acids is 1. The second kappa shape index (κ2) is 13.9. The zero-order valence-electron chi connectivity index (χ0n) is 24.9. The Balaban J connectivity index is 1.75. The van der Waals surface area contributed by atoms with Crippen molar-refractivity contribution in [2.45, 2.75) is 56.5 Å². The molecule has 15 heteroatoms. The van der Waals surface area contributed by atoms with Crippen LogP contribution < -0.4 is 25.6 Å². The van der Waals surface area contributed by atoms with Gasteiger partial charge in [-0.05, 0) is 56.9 Å². The zero-order chi connectivity index (χ0) is 32.9. The summed E-state index contributed by atoms with van der Waals surface area (Å²) in [4.78, 5) is 22.6. The Bertz CT molecular complexity index is 1660. The maximum atomic E-state index is 13.6. The van der Waals surface area contributed by atoms with Crippen LogP contribution in [0.2, 0.25) is 5.02 Å². The van der Waals surface area contributed by atoms with Crippen LogP contribution in [0, 0.1) is 5.92 Å². The molecule has 4 rings (SSSR count). The average molecular weight is 667 g/mol. The van der Waals surface area contributed by atoms with Gasteiger partial charge in [0, 0.05) is 19.2 Å². The summed E-state index contributed by atoms with van der Waals surface area (Å²) in [6, 6.07) is 8.70. The molecule has 1 aromatic heterocycles. The van der Waals surface area contributed by atoms with Crippen molar-refractivity contribution in [3.63, 3.8) is 0 Å². The van der Waals surface area contributed by atoms with Gasteiger partial charge in [0.15, 0.2) is 21.4 Å². The highest BCUT2D eigenvalue weighted by molar-refractivity contribution is 7.92. The lowest BCUT2D eigenvalue weighted by atomic mass is 9.94. The van der Waals surface area contributed by atoms with Crippen LogP contribution >= 0.6 is 11.6 Å². The molecular weight excluding hydrogens is 633 g/mol. The minimum atomic E-state index is -5.03. The lowest BCUT2D eigenvalue weighted by Crippen LogP contribution is -2.34. The Morgan fingerprint density at radius 3 is 2.47 bits per heavy atom. The lowest BCUT2D eigenvalue weighted by molar-refractivity contribution is -0.274. The van der Waals surface area contributed by atoms with E-state index in [2.05, 4.69) is 44.2 Å². The van der Waals surface area contributed by atoms with E-state index >= 15 is 0 Å². The second-order valence-electron chi connectivity index (χ2n) is 10.7. The van der Waals surface area contributed by atoms with E-state index in [4.69, 9.17) is 11.6 Å². The summed E-state index contributed by atoms with van der Waals surface area (Å²) in [6.45, 7) is 9.83. The molecule has 1 amide bonds. The summed E-state index contributed by atoms with van der Waals surface area (Å²) in [7, 11) is -3.69. The molecular formula is C30H34ClF3N6O4S. The van der Waals surface area contributed by atoms with Gasteiger partial charge in [-0.3, -0.25) is 4.79 Å². The third-order valence-corrected chi connectivity index (χ3v) is 9.84. The minimum absolute atomic E-state index is 0.00513. The molecule has 1 saturated heterocycles. The first-order chi connectivity index (χ1) is 21.2. The van der Waals surface area contributed by atoms with Gasteiger partial charge in [0.2, 0.25) is 11.9 Å². The first-order valence-corrected chi connectivity index (χ1v) is 16.2. The van der Waals surface area contributed by atoms with Crippen LogP contribution in [-0.2, 0) is 14.6 Å². The van der Waals surface area contributed by atoms with Gasteiger partial charge in [0.25, 0.3) is 0 Å². The predicted molar refractivity (Wildman–Crippen MR) is 170 cm³/mol. The number of ether oxygens (including phenoxy) is 1. The number of hydrogen-bond acceptors (Lipinski definition) is 9. The summed E-state index contributed by atoms with van der Waals surface area (Å²) >= 11 is 6.32. The van der Waals surface area contributed by atoms with Crippen molar-refractivity contribution in [3.8, 4) is 5.75 Å². The van der Waals surface area contributed by atoms with Crippen molar-refractivity contribution >= 4 is 61.9 Å². The largest absolute Gasteiger partial charge is 0.573 e. The quantitative estimate of drug-likeness (QED) is 0.179. The van der Waals surface area contributed by atoms with Crippen molar-refractivity contribution in [3.05, 3.63) is 60.3 Å². The molecule has 3 aromatic rings. The summed E-state index contributed by atoms with van der Waals surface area (Å²) in [5.41, 5.74) is 0.582. The van der Waals surface area contributed by atoms with Crippen LogP contribution in [0.4, 0.5) is 47.7 Å². The molecule has 242 valence electrons.